The molecule has 14 heavy (non-hydrogen) atoms. The second kappa shape index (κ2) is 4.97. The standard InChI is InChI=1S/C7H6Cl2N2O3/c1-13-5(12)3-14-4-2-10-11-7(9)6(4)8/h2H,3H2,1H3. The van der Waals surface area contributed by atoms with Crippen LogP contribution in [0.15, 0.2) is 6.20 Å². The third kappa shape index (κ3) is 2.71. The van der Waals surface area contributed by atoms with Gasteiger partial charge in [-0.3, -0.25) is 0 Å². The van der Waals surface area contributed by atoms with Crippen LogP contribution in [0, 0.1) is 0 Å². The Morgan fingerprint density at radius 3 is 2.93 bits per heavy atom. The molecule has 5 nitrogen and oxygen atoms in total. The van der Waals surface area contributed by atoms with Gasteiger partial charge in [-0.1, -0.05) is 23.2 Å². The first kappa shape index (κ1) is 11.0. The summed E-state index contributed by atoms with van der Waals surface area (Å²) in [7, 11) is 1.26. The summed E-state index contributed by atoms with van der Waals surface area (Å²) in [6.45, 7) is -0.252. The van der Waals surface area contributed by atoms with Crippen molar-refractivity contribution in [1.29, 1.82) is 0 Å². The summed E-state index contributed by atoms with van der Waals surface area (Å²) < 4.78 is 9.34. The van der Waals surface area contributed by atoms with E-state index in [0.717, 1.165) is 0 Å². The maximum Gasteiger partial charge on any atom is 0.343 e. The molecule has 0 aliphatic rings. The van der Waals surface area contributed by atoms with Crippen LogP contribution in [0.25, 0.3) is 0 Å². The Labute approximate surface area is 89.9 Å². The lowest BCUT2D eigenvalue weighted by atomic mass is 10.5. The second-order valence-corrected chi connectivity index (χ2v) is 2.91. The smallest absolute Gasteiger partial charge is 0.343 e. The number of esters is 1. The molecule has 1 aromatic heterocycles. The van der Waals surface area contributed by atoms with Crippen molar-refractivity contribution in [2.45, 2.75) is 0 Å². The normalized spacial score (nSPS) is 9.64. The largest absolute Gasteiger partial charge is 0.479 e. The average Bonchev–Trinajstić information content (AvgIpc) is 2.20. The molecule has 0 saturated heterocycles. The number of carbonyl (C=O) groups is 1. The minimum Gasteiger partial charge on any atom is -0.479 e. The molecule has 0 spiro atoms. The van der Waals surface area contributed by atoms with Crippen molar-refractivity contribution in [2.24, 2.45) is 0 Å². The Morgan fingerprint density at radius 2 is 2.29 bits per heavy atom. The summed E-state index contributed by atoms with van der Waals surface area (Å²) in [4.78, 5) is 10.7. The van der Waals surface area contributed by atoms with Gasteiger partial charge in [-0.2, -0.15) is 5.10 Å². The Balaban J connectivity index is 2.68. The van der Waals surface area contributed by atoms with E-state index in [0.29, 0.717) is 0 Å². The summed E-state index contributed by atoms with van der Waals surface area (Å²) in [5, 5.41) is 7.12. The van der Waals surface area contributed by atoms with E-state index >= 15 is 0 Å². The monoisotopic (exact) mass is 236 g/mol. The highest BCUT2D eigenvalue weighted by Gasteiger charge is 2.09. The number of carbonyl (C=O) groups excluding carboxylic acids is 1. The Hall–Kier alpha value is -1.07. The van der Waals surface area contributed by atoms with Crippen molar-refractivity contribution in [3.05, 3.63) is 16.4 Å². The number of nitrogens with zero attached hydrogens (tertiary/aromatic N) is 2. The van der Waals surface area contributed by atoms with Gasteiger partial charge in [-0.15, -0.1) is 5.10 Å². The molecule has 0 aliphatic heterocycles. The molecule has 1 heterocycles. The fourth-order valence-electron chi connectivity index (χ4n) is 0.630. The zero-order valence-corrected chi connectivity index (χ0v) is 8.67. The first-order chi connectivity index (χ1) is 6.65. The topological polar surface area (TPSA) is 61.3 Å². The highest BCUT2D eigenvalue weighted by atomic mass is 35.5. The zero-order valence-electron chi connectivity index (χ0n) is 7.16. The van der Waals surface area contributed by atoms with Crippen LogP contribution >= 0.6 is 23.2 Å². The highest BCUT2D eigenvalue weighted by molar-refractivity contribution is 6.42. The summed E-state index contributed by atoms with van der Waals surface area (Å²) in [6.07, 6.45) is 1.26. The summed E-state index contributed by atoms with van der Waals surface area (Å²) in [5.74, 6) is -0.328. The van der Waals surface area contributed by atoms with Gasteiger partial charge in [-0.05, 0) is 0 Å². The number of aromatic nitrogens is 2. The summed E-state index contributed by atoms with van der Waals surface area (Å²) >= 11 is 11.3. The van der Waals surface area contributed by atoms with Gasteiger partial charge in [-0.25, -0.2) is 4.79 Å². The fourth-order valence-corrected chi connectivity index (χ4v) is 0.908. The number of halogens is 2. The molecule has 0 saturated carbocycles. The maximum absolute atomic E-state index is 10.7. The van der Waals surface area contributed by atoms with E-state index in [1.165, 1.54) is 13.3 Å². The molecular formula is C7H6Cl2N2O3. The third-order valence-electron chi connectivity index (χ3n) is 1.29. The predicted molar refractivity (Wildman–Crippen MR) is 49.6 cm³/mol. The van der Waals surface area contributed by atoms with E-state index in [-0.39, 0.29) is 22.5 Å². The van der Waals surface area contributed by atoms with Gasteiger partial charge in [0.2, 0.25) is 0 Å². The molecule has 0 atom stereocenters. The van der Waals surface area contributed by atoms with E-state index in [2.05, 4.69) is 14.9 Å². The van der Waals surface area contributed by atoms with Crippen LogP contribution in [0.5, 0.6) is 5.75 Å². The number of ether oxygens (including phenoxy) is 2. The number of methoxy groups -OCH3 is 1. The molecule has 0 aromatic carbocycles. The Bertz CT molecular complexity index is 346. The quantitative estimate of drug-likeness (QED) is 0.742. The number of rotatable bonds is 3. The van der Waals surface area contributed by atoms with Crippen molar-refractivity contribution in [3.63, 3.8) is 0 Å². The van der Waals surface area contributed by atoms with Crippen molar-refractivity contribution in [3.8, 4) is 5.75 Å². The van der Waals surface area contributed by atoms with Crippen LogP contribution in [0.3, 0.4) is 0 Å². The van der Waals surface area contributed by atoms with Crippen LogP contribution in [0.2, 0.25) is 10.2 Å². The lowest BCUT2D eigenvalue weighted by Crippen LogP contribution is -2.13. The number of hydrogen-bond acceptors (Lipinski definition) is 5. The third-order valence-corrected chi connectivity index (χ3v) is 2.02. The summed E-state index contributed by atoms with van der Waals surface area (Å²) in [5.41, 5.74) is 0. The van der Waals surface area contributed by atoms with Gasteiger partial charge < -0.3 is 9.47 Å². The molecule has 0 radical (unpaired) electrons. The molecule has 0 N–H and O–H groups in total. The average molecular weight is 237 g/mol. The van der Waals surface area contributed by atoms with Crippen molar-refractivity contribution < 1.29 is 14.3 Å². The van der Waals surface area contributed by atoms with Crippen molar-refractivity contribution >= 4 is 29.2 Å². The van der Waals surface area contributed by atoms with Crippen LogP contribution in [-0.4, -0.2) is 29.9 Å². The van der Waals surface area contributed by atoms with E-state index < -0.39 is 5.97 Å². The Morgan fingerprint density at radius 1 is 1.57 bits per heavy atom. The van der Waals surface area contributed by atoms with Gasteiger partial charge in [0.15, 0.2) is 17.5 Å². The van der Waals surface area contributed by atoms with Gasteiger partial charge in [0.1, 0.15) is 5.02 Å². The maximum atomic E-state index is 10.7. The van der Waals surface area contributed by atoms with E-state index in [1.54, 1.807) is 0 Å². The van der Waals surface area contributed by atoms with Crippen LogP contribution in [0.1, 0.15) is 0 Å². The number of hydrogen-bond donors (Lipinski definition) is 0. The molecular weight excluding hydrogens is 231 g/mol. The van der Waals surface area contributed by atoms with Crippen LogP contribution in [-0.2, 0) is 9.53 Å². The SMILES string of the molecule is COC(=O)COc1cnnc(Cl)c1Cl. The van der Waals surface area contributed by atoms with Crippen LogP contribution < -0.4 is 4.74 Å². The van der Waals surface area contributed by atoms with Crippen molar-refractivity contribution in [1.82, 2.24) is 10.2 Å². The molecule has 0 fully saturated rings. The van der Waals surface area contributed by atoms with Gasteiger partial charge in [0, 0.05) is 0 Å². The fraction of sp³-hybridized carbons (Fsp3) is 0.286. The molecule has 0 unspecified atom stereocenters. The molecule has 1 aromatic rings. The molecule has 7 heteroatoms. The highest BCUT2D eigenvalue weighted by Crippen LogP contribution is 2.28. The molecule has 1 rings (SSSR count). The van der Waals surface area contributed by atoms with Gasteiger partial charge in [0.05, 0.1) is 13.3 Å². The summed E-state index contributed by atoms with van der Waals surface area (Å²) in [6, 6.07) is 0. The lowest BCUT2D eigenvalue weighted by Gasteiger charge is -2.05. The van der Waals surface area contributed by atoms with Crippen LogP contribution in [0.4, 0.5) is 0 Å². The molecule has 0 amide bonds. The second-order valence-electron chi connectivity index (χ2n) is 2.18. The Kier molecular flexibility index (Phi) is 3.91. The van der Waals surface area contributed by atoms with E-state index in [4.69, 9.17) is 27.9 Å². The van der Waals surface area contributed by atoms with E-state index in [1.807, 2.05) is 0 Å². The zero-order chi connectivity index (χ0) is 10.6. The minimum atomic E-state index is -0.519. The minimum absolute atomic E-state index is 0.0223. The van der Waals surface area contributed by atoms with Gasteiger partial charge >= 0.3 is 5.97 Å². The first-order valence-corrected chi connectivity index (χ1v) is 4.27. The molecule has 0 aliphatic carbocycles. The van der Waals surface area contributed by atoms with Gasteiger partial charge in [0.25, 0.3) is 0 Å². The predicted octanol–water partition coefficient (Wildman–Crippen LogP) is 1.34. The van der Waals surface area contributed by atoms with E-state index in [9.17, 15) is 4.79 Å². The first-order valence-electron chi connectivity index (χ1n) is 3.51. The molecule has 76 valence electrons. The molecule has 0 bridgehead atoms. The lowest BCUT2D eigenvalue weighted by molar-refractivity contribution is -0.142. The van der Waals surface area contributed by atoms with Crippen molar-refractivity contribution in [2.75, 3.05) is 13.7 Å².